The van der Waals surface area contributed by atoms with Gasteiger partial charge in [0.05, 0.1) is 37.1 Å². The largest absolute Gasteiger partial charge is 0.392 e. The van der Waals surface area contributed by atoms with Crippen molar-refractivity contribution in [3.05, 3.63) is 0 Å². The van der Waals surface area contributed by atoms with Gasteiger partial charge in [-0.15, -0.1) is 0 Å². The van der Waals surface area contributed by atoms with Crippen LogP contribution < -0.4 is 0 Å². The molecule has 3 saturated heterocycles. The van der Waals surface area contributed by atoms with E-state index in [9.17, 15) is 25.5 Å². The molecule has 0 aromatic carbocycles. The van der Waals surface area contributed by atoms with E-state index in [0.29, 0.717) is 48.9 Å². The summed E-state index contributed by atoms with van der Waals surface area (Å²) in [5.41, 5.74) is -1.60. The molecule has 17 unspecified atom stereocenters. The molecule has 9 nitrogen and oxygen atoms in total. The Morgan fingerprint density at radius 3 is 2.37 bits per heavy atom. The first-order valence-electron chi connectivity index (χ1n) is 16.4. The minimum atomic E-state index is -1.39. The van der Waals surface area contributed by atoms with Crippen molar-refractivity contribution in [2.45, 2.75) is 140 Å². The second kappa shape index (κ2) is 9.82. The number of rotatable bonds is 2. The zero-order valence-electron chi connectivity index (χ0n) is 25.2. The highest BCUT2D eigenvalue weighted by molar-refractivity contribution is 5.19. The normalized spacial score (nSPS) is 62.1. The standard InChI is InChI=1S/C32H52O9/c1-16-5-10-32(39-14-16)17(2)25-23(41-32)12-21-19-6-9-31(37)13-18(40-28-27(36)26(35)22(33)15-38-28)11-24(34)30(31,4)20(19)7-8-29(21,25)3/h16-28,33-37H,5-15H2,1-4H3. The Bertz CT molecular complexity index is 1000. The summed E-state index contributed by atoms with van der Waals surface area (Å²) in [6, 6.07) is 0. The van der Waals surface area contributed by atoms with Gasteiger partial charge in [0.2, 0.25) is 0 Å². The zero-order valence-corrected chi connectivity index (χ0v) is 25.2. The molecule has 3 heterocycles. The molecule has 234 valence electrons. The average Bonchev–Trinajstić information content (AvgIpc) is 3.37. The summed E-state index contributed by atoms with van der Waals surface area (Å²) in [6.07, 6.45) is 1.31. The zero-order chi connectivity index (χ0) is 29.1. The third kappa shape index (κ3) is 4.06. The maximum atomic E-state index is 12.2. The molecule has 0 amide bonds. The third-order valence-corrected chi connectivity index (χ3v) is 13.9. The van der Waals surface area contributed by atoms with Crippen LogP contribution >= 0.6 is 0 Å². The van der Waals surface area contributed by atoms with Gasteiger partial charge in [-0.25, -0.2) is 0 Å². The predicted molar refractivity (Wildman–Crippen MR) is 147 cm³/mol. The van der Waals surface area contributed by atoms with E-state index in [2.05, 4.69) is 27.7 Å². The average molecular weight is 581 g/mol. The molecule has 7 rings (SSSR count). The summed E-state index contributed by atoms with van der Waals surface area (Å²) < 4.78 is 24.9. The van der Waals surface area contributed by atoms with E-state index in [1.807, 2.05) is 0 Å². The first-order chi connectivity index (χ1) is 19.3. The van der Waals surface area contributed by atoms with E-state index in [1.165, 1.54) is 0 Å². The molecule has 0 aromatic rings. The maximum absolute atomic E-state index is 12.2. The highest BCUT2D eigenvalue weighted by atomic mass is 16.7. The van der Waals surface area contributed by atoms with E-state index < -0.39 is 53.6 Å². The molecule has 0 aromatic heterocycles. The first kappa shape index (κ1) is 29.4. The summed E-state index contributed by atoms with van der Waals surface area (Å²) >= 11 is 0. The van der Waals surface area contributed by atoms with Gasteiger partial charge in [-0.2, -0.15) is 0 Å². The Balaban J connectivity index is 1.08. The lowest BCUT2D eigenvalue weighted by Gasteiger charge is -2.65. The van der Waals surface area contributed by atoms with Gasteiger partial charge in [0.25, 0.3) is 0 Å². The van der Waals surface area contributed by atoms with Crippen molar-refractivity contribution < 1.29 is 44.5 Å². The molecule has 0 bridgehead atoms. The van der Waals surface area contributed by atoms with Crippen LogP contribution in [0.3, 0.4) is 0 Å². The summed E-state index contributed by atoms with van der Waals surface area (Å²) in [5, 5.41) is 54.3. The fraction of sp³-hybridized carbons (Fsp3) is 1.00. The minimum absolute atomic E-state index is 0.138. The van der Waals surface area contributed by atoms with Crippen molar-refractivity contribution in [2.75, 3.05) is 13.2 Å². The van der Waals surface area contributed by atoms with Crippen molar-refractivity contribution in [3.63, 3.8) is 0 Å². The predicted octanol–water partition coefficient (Wildman–Crippen LogP) is 2.34. The molecule has 5 N–H and O–H groups in total. The van der Waals surface area contributed by atoms with Crippen molar-refractivity contribution in [3.8, 4) is 0 Å². The topological polar surface area (TPSA) is 138 Å². The molecule has 0 radical (unpaired) electrons. The van der Waals surface area contributed by atoms with Crippen LogP contribution in [0.15, 0.2) is 0 Å². The molecule has 7 aliphatic rings. The van der Waals surface area contributed by atoms with Crippen molar-refractivity contribution in [1.29, 1.82) is 0 Å². The van der Waals surface area contributed by atoms with Gasteiger partial charge in [-0.3, -0.25) is 0 Å². The van der Waals surface area contributed by atoms with Gasteiger partial charge < -0.3 is 44.5 Å². The smallest absolute Gasteiger partial charge is 0.186 e. The Labute approximate surface area is 243 Å². The second-order valence-corrected chi connectivity index (χ2v) is 15.7. The molecule has 3 aliphatic heterocycles. The molecule has 4 saturated carbocycles. The van der Waals surface area contributed by atoms with Crippen LogP contribution in [0.5, 0.6) is 0 Å². The van der Waals surface area contributed by atoms with Gasteiger partial charge in [0.15, 0.2) is 12.1 Å². The van der Waals surface area contributed by atoms with Gasteiger partial charge >= 0.3 is 0 Å². The SMILES string of the molecule is CC1CCC2(OC1)OC1CC3C4CCC5(O)CC(OC6OCC(O)C(O)C6O)CC(O)C5(C)C4CCC3(C)C1C2C. The number of fused-ring (bicyclic) bond motifs is 7. The summed E-state index contributed by atoms with van der Waals surface area (Å²) in [5.74, 6) is 2.13. The van der Waals surface area contributed by atoms with Crippen molar-refractivity contribution in [2.24, 2.45) is 46.3 Å². The van der Waals surface area contributed by atoms with Crippen LogP contribution in [0.1, 0.15) is 85.5 Å². The molecule has 4 aliphatic carbocycles. The molecule has 1 spiro atoms. The Hall–Kier alpha value is -0.360. The highest BCUT2D eigenvalue weighted by Crippen LogP contribution is 2.72. The number of hydrogen-bond acceptors (Lipinski definition) is 9. The molecular weight excluding hydrogens is 528 g/mol. The number of aliphatic hydroxyl groups is 5. The van der Waals surface area contributed by atoms with Crippen LogP contribution in [-0.2, 0) is 18.9 Å². The first-order valence-corrected chi connectivity index (χ1v) is 16.4. The van der Waals surface area contributed by atoms with E-state index in [4.69, 9.17) is 18.9 Å². The molecule has 17 atom stereocenters. The van der Waals surface area contributed by atoms with Crippen LogP contribution in [0.4, 0.5) is 0 Å². The van der Waals surface area contributed by atoms with E-state index >= 15 is 0 Å². The lowest BCUT2D eigenvalue weighted by molar-refractivity contribution is -0.312. The number of aliphatic hydroxyl groups excluding tert-OH is 4. The van der Waals surface area contributed by atoms with Gasteiger partial charge in [0.1, 0.15) is 18.3 Å². The lowest BCUT2D eigenvalue weighted by atomic mass is 9.42. The number of hydrogen-bond donors (Lipinski definition) is 5. The highest BCUT2D eigenvalue weighted by Gasteiger charge is 2.72. The van der Waals surface area contributed by atoms with E-state index in [-0.39, 0.29) is 24.0 Å². The maximum Gasteiger partial charge on any atom is 0.186 e. The molecule has 9 heteroatoms. The Morgan fingerprint density at radius 1 is 0.854 bits per heavy atom. The summed E-state index contributed by atoms with van der Waals surface area (Å²) in [6.45, 7) is 9.85. The van der Waals surface area contributed by atoms with Crippen molar-refractivity contribution in [1.82, 2.24) is 0 Å². The molecular formula is C32H52O9. The van der Waals surface area contributed by atoms with Gasteiger partial charge in [0, 0.05) is 30.6 Å². The van der Waals surface area contributed by atoms with Crippen LogP contribution in [0.25, 0.3) is 0 Å². The quantitative estimate of drug-likeness (QED) is 0.312. The lowest BCUT2D eigenvalue weighted by Crippen LogP contribution is -2.68. The van der Waals surface area contributed by atoms with Gasteiger partial charge in [-0.05, 0) is 73.5 Å². The fourth-order valence-electron chi connectivity index (χ4n) is 11.5. The Morgan fingerprint density at radius 2 is 1.63 bits per heavy atom. The van der Waals surface area contributed by atoms with Crippen LogP contribution in [0, 0.1) is 46.3 Å². The summed E-state index contributed by atoms with van der Waals surface area (Å²) in [4.78, 5) is 0. The van der Waals surface area contributed by atoms with Gasteiger partial charge in [-0.1, -0.05) is 27.7 Å². The van der Waals surface area contributed by atoms with Crippen LogP contribution in [-0.4, -0.2) is 93.0 Å². The fourth-order valence-corrected chi connectivity index (χ4v) is 11.5. The molecule has 7 fully saturated rings. The monoisotopic (exact) mass is 580 g/mol. The van der Waals surface area contributed by atoms with E-state index in [1.54, 1.807) is 0 Å². The van der Waals surface area contributed by atoms with Crippen molar-refractivity contribution >= 4 is 0 Å². The van der Waals surface area contributed by atoms with Crippen LogP contribution in [0.2, 0.25) is 0 Å². The summed E-state index contributed by atoms with van der Waals surface area (Å²) in [7, 11) is 0. The molecule has 41 heavy (non-hydrogen) atoms. The number of ether oxygens (including phenoxy) is 4. The van der Waals surface area contributed by atoms with E-state index in [0.717, 1.165) is 45.1 Å². The minimum Gasteiger partial charge on any atom is -0.392 e. The Kier molecular flexibility index (Phi) is 7.03. The third-order valence-electron chi connectivity index (χ3n) is 13.9. The second-order valence-electron chi connectivity index (χ2n) is 15.7.